The minimum absolute atomic E-state index is 0.0375. The number of morpholine rings is 1. The van der Waals surface area contributed by atoms with Crippen molar-refractivity contribution in [3.8, 4) is 0 Å². The first-order valence-corrected chi connectivity index (χ1v) is 4.54. The number of amidine groups is 1. The standard InChI is InChI=1S/C9H13N3O2/c10-9(11)7-1-2-8(14-7)12-3-5-13-6-4-12/h1-2H,3-6H2,(H3,10,11). The molecular weight excluding hydrogens is 182 g/mol. The monoisotopic (exact) mass is 195 g/mol. The smallest absolute Gasteiger partial charge is 0.196 e. The molecule has 1 saturated heterocycles. The van der Waals surface area contributed by atoms with Crippen LogP contribution in [0.3, 0.4) is 0 Å². The topological polar surface area (TPSA) is 75.5 Å². The number of nitrogen functional groups attached to an aromatic ring is 1. The van der Waals surface area contributed by atoms with Gasteiger partial charge in [-0.05, 0) is 6.07 Å². The predicted octanol–water partition coefficient (Wildman–Crippen LogP) is 0.400. The zero-order chi connectivity index (χ0) is 9.97. The van der Waals surface area contributed by atoms with Gasteiger partial charge in [0.05, 0.1) is 13.2 Å². The van der Waals surface area contributed by atoms with Gasteiger partial charge in [0.2, 0.25) is 0 Å². The molecule has 5 heteroatoms. The second-order valence-corrected chi connectivity index (χ2v) is 3.15. The van der Waals surface area contributed by atoms with E-state index in [2.05, 4.69) is 4.90 Å². The predicted molar refractivity (Wildman–Crippen MR) is 52.8 cm³/mol. The van der Waals surface area contributed by atoms with Crippen LogP contribution < -0.4 is 10.6 Å². The van der Waals surface area contributed by atoms with Crippen LogP contribution in [0.5, 0.6) is 0 Å². The van der Waals surface area contributed by atoms with Gasteiger partial charge in [0.15, 0.2) is 17.5 Å². The van der Waals surface area contributed by atoms with Crippen molar-refractivity contribution in [1.29, 1.82) is 5.41 Å². The Morgan fingerprint density at radius 2 is 2.07 bits per heavy atom. The van der Waals surface area contributed by atoms with Crippen molar-refractivity contribution in [2.24, 2.45) is 5.73 Å². The Balaban J connectivity index is 2.11. The molecular formula is C9H13N3O2. The van der Waals surface area contributed by atoms with Crippen molar-refractivity contribution >= 4 is 11.7 Å². The van der Waals surface area contributed by atoms with E-state index in [1.165, 1.54) is 0 Å². The Bertz CT molecular complexity index is 329. The number of ether oxygens (including phenoxy) is 1. The third kappa shape index (κ3) is 1.72. The van der Waals surface area contributed by atoms with Gasteiger partial charge in [-0.1, -0.05) is 0 Å². The van der Waals surface area contributed by atoms with Crippen LogP contribution in [0.2, 0.25) is 0 Å². The van der Waals surface area contributed by atoms with E-state index in [0.717, 1.165) is 32.2 Å². The minimum Gasteiger partial charge on any atom is -0.437 e. The Morgan fingerprint density at radius 1 is 1.36 bits per heavy atom. The highest BCUT2D eigenvalue weighted by molar-refractivity contribution is 5.92. The lowest BCUT2D eigenvalue weighted by atomic mass is 10.4. The lowest BCUT2D eigenvalue weighted by molar-refractivity contribution is 0.120. The molecule has 1 fully saturated rings. The molecule has 0 bridgehead atoms. The van der Waals surface area contributed by atoms with Gasteiger partial charge in [0.25, 0.3) is 0 Å². The molecule has 0 spiro atoms. The Labute approximate surface area is 81.9 Å². The maximum absolute atomic E-state index is 7.20. The molecule has 1 aliphatic rings. The third-order valence-electron chi connectivity index (χ3n) is 2.18. The second-order valence-electron chi connectivity index (χ2n) is 3.15. The molecule has 0 aromatic carbocycles. The molecule has 3 N–H and O–H groups in total. The number of furan rings is 1. The Kier molecular flexibility index (Phi) is 2.41. The summed E-state index contributed by atoms with van der Waals surface area (Å²) in [5, 5.41) is 7.20. The van der Waals surface area contributed by atoms with E-state index >= 15 is 0 Å². The maximum Gasteiger partial charge on any atom is 0.196 e. The van der Waals surface area contributed by atoms with E-state index in [1.54, 1.807) is 6.07 Å². The van der Waals surface area contributed by atoms with E-state index in [0.29, 0.717) is 5.76 Å². The fraction of sp³-hybridized carbons (Fsp3) is 0.444. The van der Waals surface area contributed by atoms with Crippen LogP contribution in [0, 0.1) is 5.41 Å². The first-order chi connectivity index (χ1) is 6.77. The molecule has 2 heterocycles. The molecule has 0 radical (unpaired) electrons. The van der Waals surface area contributed by atoms with E-state index in [1.807, 2.05) is 6.07 Å². The highest BCUT2D eigenvalue weighted by Crippen LogP contribution is 2.18. The van der Waals surface area contributed by atoms with Gasteiger partial charge in [0, 0.05) is 19.2 Å². The summed E-state index contributed by atoms with van der Waals surface area (Å²) in [4.78, 5) is 2.08. The molecule has 0 saturated carbocycles. The van der Waals surface area contributed by atoms with Crippen LogP contribution >= 0.6 is 0 Å². The van der Waals surface area contributed by atoms with E-state index in [4.69, 9.17) is 20.3 Å². The minimum atomic E-state index is -0.0375. The SMILES string of the molecule is N=C(N)c1ccc(N2CCOCC2)o1. The van der Waals surface area contributed by atoms with Gasteiger partial charge in [0.1, 0.15) is 0 Å². The average molecular weight is 195 g/mol. The quantitative estimate of drug-likeness (QED) is 0.529. The maximum atomic E-state index is 7.20. The first-order valence-electron chi connectivity index (χ1n) is 4.54. The molecule has 0 aliphatic carbocycles. The molecule has 0 atom stereocenters. The lowest BCUT2D eigenvalue weighted by Gasteiger charge is -2.26. The number of nitrogens with zero attached hydrogens (tertiary/aromatic N) is 1. The molecule has 76 valence electrons. The largest absolute Gasteiger partial charge is 0.437 e. The highest BCUT2D eigenvalue weighted by Gasteiger charge is 2.14. The molecule has 14 heavy (non-hydrogen) atoms. The second kappa shape index (κ2) is 3.71. The number of anilines is 1. The first kappa shape index (κ1) is 9.08. The van der Waals surface area contributed by atoms with Gasteiger partial charge < -0.3 is 19.8 Å². The van der Waals surface area contributed by atoms with Crippen LogP contribution in [0.15, 0.2) is 16.5 Å². The van der Waals surface area contributed by atoms with Crippen LogP contribution in [-0.2, 0) is 4.74 Å². The average Bonchev–Trinajstić information content (AvgIpc) is 2.68. The summed E-state index contributed by atoms with van der Waals surface area (Å²) in [5.74, 6) is 1.15. The lowest BCUT2D eigenvalue weighted by Crippen LogP contribution is -2.35. The number of hydrogen-bond acceptors (Lipinski definition) is 4. The van der Waals surface area contributed by atoms with Crippen LogP contribution in [0.25, 0.3) is 0 Å². The highest BCUT2D eigenvalue weighted by atomic mass is 16.5. The van der Waals surface area contributed by atoms with Gasteiger partial charge in [-0.15, -0.1) is 0 Å². The molecule has 0 amide bonds. The summed E-state index contributed by atoms with van der Waals surface area (Å²) in [5.41, 5.74) is 5.30. The van der Waals surface area contributed by atoms with Crippen LogP contribution in [0.1, 0.15) is 5.76 Å². The summed E-state index contributed by atoms with van der Waals surface area (Å²) in [6, 6.07) is 3.55. The summed E-state index contributed by atoms with van der Waals surface area (Å²) < 4.78 is 10.6. The molecule has 1 aromatic heterocycles. The zero-order valence-corrected chi connectivity index (χ0v) is 7.82. The van der Waals surface area contributed by atoms with Crippen LogP contribution in [0.4, 0.5) is 5.88 Å². The van der Waals surface area contributed by atoms with Crippen molar-refractivity contribution in [2.75, 3.05) is 31.2 Å². The summed E-state index contributed by atoms with van der Waals surface area (Å²) in [6.45, 7) is 3.09. The van der Waals surface area contributed by atoms with Gasteiger partial charge in [-0.2, -0.15) is 0 Å². The van der Waals surface area contributed by atoms with Crippen molar-refractivity contribution < 1.29 is 9.15 Å². The Morgan fingerprint density at radius 3 is 2.64 bits per heavy atom. The van der Waals surface area contributed by atoms with Crippen molar-refractivity contribution in [3.05, 3.63) is 17.9 Å². The summed E-state index contributed by atoms with van der Waals surface area (Å²) >= 11 is 0. The molecule has 5 nitrogen and oxygen atoms in total. The van der Waals surface area contributed by atoms with Crippen LogP contribution in [-0.4, -0.2) is 32.1 Å². The molecule has 1 aliphatic heterocycles. The molecule has 2 rings (SSSR count). The molecule has 0 unspecified atom stereocenters. The fourth-order valence-electron chi connectivity index (χ4n) is 1.43. The fourth-order valence-corrected chi connectivity index (χ4v) is 1.43. The summed E-state index contributed by atoms with van der Waals surface area (Å²) in [6.07, 6.45) is 0. The number of nitrogens with two attached hydrogens (primary N) is 1. The van der Waals surface area contributed by atoms with Gasteiger partial charge in [-0.25, -0.2) is 0 Å². The van der Waals surface area contributed by atoms with Crippen molar-refractivity contribution in [2.45, 2.75) is 0 Å². The van der Waals surface area contributed by atoms with Gasteiger partial charge >= 0.3 is 0 Å². The zero-order valence-electron chi connectivity index (χ0n) is 7.82. The third-order valence-corrected chi connectivity index (χ3v) is 2.18. The number of rotatable bonds is 2. The normalized spacial score (nSPS) is 17.0. The van der Waals surface area contributed by atoms with E-state index in [-0.39, 0.29) is 5.84 Å². The number of hydrogen-bond donors (Lipinski definition) is 2. The number of nitrogens with one attached hydrogen (secondary N) is 1. The molecule has 1 aromatic rings. The van der Waals surface area contributed by atoms with Crippen molar-refractivity contribution in [3.63, 3.8) is 0 Å². The van der Waals surface area contributed by atoms with E-state index in [9.17, 15) is 0 Å². The van der Waals surface area contributed by atoms with E-state index < -0.39 is 0 Å². The summed E-state index contributed by atoms with van der Waals surface area (Å²) in [7, 11) is 0. The Hall–Kier alpha value is -1.49. The van der Waals surface area contributed by atoms with Gasteiger partial charge in [-0.3, -0.25) is 5.41 Å². The van der Waals surface area contributed by atoms with Crippen molar-refractivity contribution in [1.82, 2.24) is 0 Å².